The van der Waals surface area contributed by atoms with Gasteiger partial charge in [-0.05, 0) is 0 Å². The van der Waals surface area contributed by atoms with Crippen LogP contribution >= 0.6 is 0 Å². The topological polar surface area (TPSA) is 128 Å². The predicted molar refractivity (Wildman–Crippen MR) is 69.6 cm³/mol. The first-order chi connectivity index (χ1) is 6.00. The van der Waals surface area contributed by atoms with Gasteiger partial charge >= 0.3 is 0 Å². The Kier molecular flexibility index (Phi) is 42.8. The van der Waals surface area contributed by atoms with Gasteiger partial charge in [0, 0.05) is 21.0 Å². The Hall–Kier alpha value is -1.25. The van der Waals surface area contributed by atoms with Crippen molar-refractivity contribution in [3.8, 4) is 0 Å². The lowest BCUT2D eigenvalue weighted by Gasteiger charge is -2.14. The number of halogens is 1. The third-order valence-corrected chi connectivity index (χ3v) is 0.211. The zero-order valence-electron chi connectivity index (χ0n) is 12.1. The van der Waals surface area contributed by atoms with Crippen molar-refractivity contribution in [1.82, 2.24) is 17.2 Å². The Labute approximate surface area is 104 Å². The number of rotatable bonds is 1. The van der Waals surface area contributed by atoms with E-state index in [4.69, 9.17) is 9.90 Å². The molecule has 8 heteroatoms. The van der Waals surface area contributed by atoms with E-state index < -0.39 is 5.97 Å². The summed E-state index contributed by atoms with van der Waals surface area (Å²) in [6.07, 6.45) is 0.750. The quantitative estimate of drug-likeness (QED) is 0.470. The van der Waals surface area contributed by atoms with Gasteiger partial charge in [-0.3, -0.25) is 14.3 Å². The largest absolute Gasteiger partial charge is 0.481 e. The van der Waals surface area contributed by atoms with Crippen molar-refractivity contribution in [1.29, 1.82) is 0 Å². The number of hydrogen-bond acceptors (Lipinski definition) is 4. The fraction of sp³-hybridized carbons (Fsp3) is 0.778. The van der Waals surface area contributed by atoms with E-state index in [0.717, 1.165) is 17.8 Å². The molecule has 0 atom stereocenters. The van der Waals surface area contributed by atoms with Gasteiger partial charge in [0.05, 0.1) is 28.2 Å². The number of carboxylic acid groups (broad SMARTS) is 1. The third kappa shape index (κ3) is 4260. The average Bonchev–Trinajstić information content (AvgIpc) is 1.82. The summed E-state index contributed by atoms with van der Waals surface area (Å²) in [6.45, 7) is 1.08. The van der Waals surface area contributed by atoms with Crippen molar-refractivity contribution in [2.45, 2.75) is 6.92 Å². The van der Waals surface area contributed by atoms with E-state index in [1.807, 2.05) is 0 Å². The first-order valence-corrected chi connectivity index (χ1v) is 4.10. The molecule has 0 unspecified atom stereocenters. The van der Waals surface area contributed by atoms with Gasteiger partial charge < -0.3 is 26.8 Å². The van der Waals surface area contributed by atoms with Crippen molar-refractivity contribution < 1.29 is 23.9 Å². The van der Waals surface area contributed by atoms with Gasteiger partial charge in [0.15, 0.2) is 0 Å². The number of carboxylic acids is 1. The fourth-order valence-corrected chi connectivity index (χ4v) is 0. The molecule has 0 aliphatic rings. The second-order valence-electron chi connectivity index (χ2n) is 4.27. The predicted octanol–water partition coefficient (Wildman–Crippen LogP) is 0.594. The summed E-state index contributed by atoms with van der Waals surface area (Å²) in [7, 11) is 11.9. The van der Waals surface area contributed by atoms with Gasteiger partial charge in [-0.2, -0.15) is 0 Å². The van der Waals surface area contributed by atoms with Crippen molar-refractivity contribution in [3.05, 3.63) is 0 Å². The van der Waals surface area contributed by atoms with E-state index in [1.54, 1.807) is 14.1 Å². The number of hydrogen-bond donors (Lipinski definition) is 3. The van der Waals surface area contributed by atoms with Crippen molar-refractivity contribution >= 4 is 12.4 Å². The summed E-state index contributed by atoms with van der Waals surface area (Å²) >= 11 is 0. The van der Waals surface area contributed by atoms with Gasteiger partial charge in [0.1, 0.15) is 0 Å². The zero-order valence-corrected chi connectivity index (χ0v) is 12.1. The molecular formula is C9H30FN4O3+. The lowest BCUT2D eigenvalue weighted by Crippen LogP contribution is -2.27. The fourth-order valence-electron chi connectivity index (χ4n) is 0. The molecule has 0 aromatic heterocycles. The maximum atomic E-state index is 9.43. The highest BCUT2D eigenvalue weighted by Gasteiger charge is 1.88. The first-order valence-electron chi connectivity index (χ1n) is 4.10. The number of carbonyl (C=O) groups excluding carboxylic acids is 1. The monoisotopic (exact) mass is 261 g/mol. The van der Waals surface area contributed by atoms with Gasteiger partial charge in [0.25, 0.3) is 5.97 Å². The molecule has 0 radical (unpaired) electrons. The molecule has 0 aromatic rings. The van der Waals surface area contributed by atoms with Gasteiger partial charge in [0.2, 0.25) is 6.41 Å². The molecule has 7 N–H and O–H groups in total. The smallest absolute Gasteiger partial charge is 0.300 e. The van der Waals surface area contributed by atoms with E-state index in [0.29, 0.717) is 0 Å². The van der Waals surface area contributed by atoms with Crippen LogP contribution in [-0.2, 0) is 9.59 Å². The minimum Gasteiger partial charge on any atom is -0.481 e. The van der Waals surface area contributed by atoms with E-state index in [2.05, 4.69) is 28.2 Å². The van der Waals surface area contributed by atoms with Crippen LogP contribution in [0.5, 0.6) is 0 Å². The molecule has 0 aliphatic heterocycles. The van der Waals surface area contributed by atoms with Crippen LogP contribution in [0.15, 0.2) is 0 Å². The van der Waals surface area contributed by atoms with Crippen LogP contribution < -0.4 is 12.3 Å². The lowest BCUT2D eigenvalue weighted by atomic mass is 10.8. The summed E-state index contributed by atoms with van der Waals surface area (Å²) < 4.78 is 1.00. The molecule has 17 heavy (non-hydrogen) atoms. The molecule has 0 saturated heterocycles. The number of carbonyl (C=O) groups is 2. The zero-order chi connectivity index (χ0) is 12.4. The minimum atomic E-state index is -0.833. The summed E-state index contributed by atoms with van der Waals surface area (Å²) in [5, 5.41) is 7.42. The molecule has 0 bridgehead atoms. The van der Waals surface area contributed by atoms with Crippen molar-refractivity contribution in [2.75, 3.05) is 42.3 Å². The van der Waals surface area contributed by atoms with Crippen LogP contribution in [0, 0.1) is 0 Å². The standard InChI is InChI=1S/C4H12N.C3H7NO.C2H4O2.FH.2H3N/c1-5(2,3)4;1-4(2)3-5;1-2(3)4;;;/h1-4H3;3H,1-2H3;1H3,(H,3,4);1H;2*1H3/q+1;;;;;. The molecule has 0 aliphatic carbocycles. The van der Waals surface area contributed by atoms with Gasteiger partial charge in [-0.25, -0.2) is 0 Å². The summed E-state index contributed by atoms with van der Waals surface area (Å²) in [6, 6.07) is 0. The Morgan fingerprint density at radius 2 is 1.18 bits per heavy atom. The summed E-state index contributed by atoms with van der Waals surface area (Å²) in [5.41, 5.74) is 0. The van der Waals surface area contributed by atoms with Gasteiger partial charge in [-0.15, -0.1) is 0 Å². The second kappa shape index (κ2) is 20.2. The summed E-state index contributed by atoms with van der Waals surface area (Å²) in [4.78, 5) is 19.9. The maximum absolute atomic E-state index is 9.43. The van der Waals surface area contributed by atoms with Crippen LogP contribution in [-0.4, -0.2) is 69.2 Å². The number of quaternary nitrogens is 1. The molecule has 0 saturated carbocycles. The van der Waals surface area contributed by atoms with E-state index in [-0.39, 0.29) is 17.0 Å². The second-order valence-corrected chi connectivity index (χ2v) is 4.27. The van der Waals surface area contributed by atoms with Crippen molar-refractivity contribution in [3.63, 3.8) is 0 Å². The van der Waals surface area contributed by atoms with Crippen LogP contribution in [0.25, 0.3) is 0 Å². The minimum absolute atomic E-state index is 0. The van der Waals surface area contributed by atoms with Crippen molar-refractivity contribution in [2.24, 2.45) is 0 Å². The number of aliphatic carboxylic acids is 1. The Bertz CT molecular complexity index is 151. The molecule has 0 heterocycles. The Morgan fingerprint density at radius 1 is 1.12 bits per heavy atom. The Balaban J connectivity index is -0.0000000247. The highest BCUT2D eigenvalue weighted by molar-refractivity contribution is 5.62. The first kappa shape index (κ1) is 36.0. The highest BCUT2D eigenvalue weighted by atomic mass is 19.0. The maximum Gasteiger partial charge on any atom is 0.300 e. The average molecular weight is 261 g/mol. The third-order valence-electron chi connectivity index (χ3n) is 0.211. The lowest BCUT2D eigenvalue weighted by molar-refractivity contribution is -0.849. The molecule has 110 valence electrons. The van der Waals surface area contributed by atoms with Crippen LogP contribution in [0.3, 0.4) is 0 Å². The molecule has 7 nitrogen and oxygen atoms in total. The molecule has 0 fully saturated rings. The SMILES string of the molecule is CC(=O)O.CN(C)C=O.C[N+](C)(C)C.F.N.N. The molecule has 0 spiro atoms. The Morgan fingerprint density at radius 3 is 1.18 bits per heavy atom. The van der Waals surface area contributed by atoms with E-state index >= 15 is 0 Å². The molecular weight excluding hydrogens is 231 g/mol. The molecule has 0 rings (SSSR count). The number of amides is 1. The van der Waals surface area contributed by atoms with Crippen LogP contribution in [0.2, 0.25) is 0 Å². The molecule has 1 amide bonds. The van der Waals surface area contributed by atoms with Gasteiger partial charge in [-0.1, -0.05) is 0 Å². The van der Waals surface area contributed by atoms with E-state index in [9.17, 15) is 4.79 Å². The molecule has 0 aromatic carbocycles. The normalized spacial score (nSPS) is 7.00. The summed E-state index contributed by atoms with van der Waals surface area (Å²) in [5.74, 6) is -0.833. The van der Waals surface area contributed by atoms with Crippen LogP contribution in [0.4, 0.5) is 4.70 Å². The van der Waals surface area contributed by atoms with Crippen LogP contribution in [0.1, 0.15) is 6.92 Å². The van der Waals surface area contributed by atoms with E-state index in [1.165, 1.54) is 4.90 Å². The number of nitrogens with zero attached hydrogens (tertiary/aromatic N) is 2. The highest BCUT2D eigenvalue weighted by Crippen LogP contribution is 1.73.